The third kappa shape index (κ3) is 4.18. The van der Waals surface area contributed by atoms with Gasteiger partial charge in [-0.25, -0.2) is 9.69 Å². The Labute approximate surface area is 245 Å². The second kappa shape index (κ2) is 10.0. The van der Waals surface area contributed by atoms with Gasteiger partial charge in [-0.2, -0.15) is 0 Å². The van der Waals surface area contributed by atoms with E-state index in [4.69, 9.17) is 4.74 Å². The molecule has 1 saturated heterocycles. The van der Waals surface area contributed by atoms with Gasteiger partial charge >= 0.3 is 5.97 Å². The molecule has 1 aliphatic heterocycles. The van der Waals surface area contributed by atoms with E-state index in [9.17, 15) is 29.3 Å². The number of nitro benzene ring substituents is 1. The summed E-state index contributed by atoms with van der Waals surface area (Å²) in [6.07, 6.45) is 0. The van der Waals surface area contributed by atoms with Crippen molar-refractivity contribution < 1.29 is 28.8 Å². The number of carbonyl (C=O) groups excluding carboxylic acids is 4. The number of nitro groups is 1. The number of benzene rings is 4. The molecule has 1 N–H and O–H groups in total. The molecule has 1 heterocycles. The van der Waals surface area contributed by atoms with E-state index in [-0.39, 0.29) is 40.6 Å². The molecule has 4 aliphatic rings. The first-order valence-corrected chi connectivity index (χ1v) is 13.7. The molecular weight excluding hydrogens is 550 g/mol. The van der Waals surface area contributed by atoms with Gasteiger partial charge in [0.2, 0.25) is 11.8 Å². The summed E-state index contributed by atoms with van der Waals surface area (Å²) in [5, 5.41) is 13.4. The number of nitrogens with zero attached hydrogens (tertiary/aromatic N) is 2. The number of hydrogen-bond donors (Lipinski definition) is 1. The lowest BCUT2D eigenvalue weighted by Gasteiger charge is -2.45. The van der Waals surface area contributed by atoms with Crippen molar-refractivity contribution in [3.8, 4) is 0 Å². The van der Waals surface area contributed by atoms with Gasteiger partial charge in [0.1, 0.15) is 0 Å². The van der Waals surface area contributed by atoms with Gasteiger partial charge in [-0.3, -0.25) is 24.5 Å². The maximum absolute atomic E-state index is 13.9. The SMILES string of the molecule is O=C(COC(=O)c1ccc(N2C(=O)[C@@H]3C4c5ccccc5C(c5ccccc54)[C@@H]3C2=O)cc1)Nc1cccc([N+](=O)[O-])c1. The number of ether oxygens (including phenoxy) is 1. The molecule has 0 unspecified atom stereocenters. The zero-order chi connectivity index (χ0) is 29.8. The lowest BCUT2D eigenvalue weighted by atomic mass is 9.55. The predicted molar refractivity (Wildman–Crippen MR) is 154 cm³/mol. The molecule has 0 saturated carbocycles. The Morgan fingerprint density at radius 1 is 0.767 bits per heavy atom. The number of rotatable bonds is 6. The summed E-state index contributed by atoms with van der Waals surface area (Å²) in [6, 6.07) is 27.4. The molecule has 10 heteroatoms. The first-order valence-electron chi connectivity index (χ1n) is 13.7. The van der Waals surface area contributed by atoms with Gasteiger partial charge in [0.05, 0.1) is 28.0 Å². The molecule has 8 rings (SSSR count). The monoisotopic (exact) mass is 573 g/mol. The van der Waals surface area contributed by atoms with Crippen LogP contribution in [0.25, 0.3) is 0 Å². The van der Waals surface area contributed by atoms with Crippen LogP contribution in [0.3, 0.4) is 0 Å². The van der Waals surface area contributed by atoms with Crippen LogP contribution in [0.2, 0.25) is 0 Å². The number of non-ortho nitro benzene ring substituents is 1. The predicted octanol–water partition coefficient (Wildman–Crippen LogP) is 4.79. The van der Waals surface area contributed by atoms with Crippen LogP contribution in [0, 0.1) is 22.0 Å². The minimum atomic E-state index is -0.780. The van der Waals surface area contributed by atoms with Crippen LogP contribution in [0.4, 0.5) is 17.1 Å². The van der Waals surface area contributed by atoms with Crippen molar-refractivity contribution in [2.45, 2.75) is 11.8 Å². The average molecular weight is 574 g/mol. The molecule has 1 fully saturated rings. The van der Waals surface area contributed by atoms with E-state index in [0.29, 0.717) is 5.69 Å². The van der Waals surface area contributed by atoms with Crippen LogP contribution >= 0.6 is 0 Å². The third-order valence-electron chi connectivity index (χ3n) is 8.48. The van der Waals surface area contributed by atoms with Crippen molar-refractivity contribution in [1.29, 1.82) is 0 Å². The van der Waals surface area contributed by atoms with E-state index in [1.807, 2.05) is 48.5 Å². The fraction of sp³-hybridized carbons (Fsp3) is 0.152. The lowest BCUT2D eigenvalue weighted by molar-refractivity contribution is -0.384. The van der Waals surface area contributed by atoms with Crippen molar-refractivity contribution >= 4 is 40.8 Å². The number of nitrogens with one attached hydrogen (secondary N) is 1. The fourth-order valence-corrected chi connectivity index (χ4v) is 6.79. The number of carbonyl (C=O) groups is 4. The Morgan fingerprint density at radius 3 is 1.81 bits per heavy atom. The zero-order valence-corrected chi connectivity index (χ0v) is 22.5. The van der Waals surface area contributed by atoms with E-state index < -0.39 is 35.2 Å². The summed E-state index contributed by atoms with van der Waals surface area (Å²) in [5.74, 6) is -3.44. The van der Waals surface area contributed by atoms with Gasteiger partial charge in [0.25, 0.3) is 11.6 Å². The molecule has 43 heavy (non-hydrogen) atoms. The first-order chi connectivity index (χ1) is 20.8. The van der Waals surface area contributed by atoms with E-state index >= 15 is 0 Å². The number of amides is 3. The molecule has 212 valence electrons. The Hall–Kier alpha value is -5.64. The van der Waals surface area contributed by atoms with Crippen LogP contribution in [0.15, 0.2) is 97.1 Å². The summed E-state index contributed by atoms with van der Waals surface area (Å²) < 4.78 is 5.10. The Morgan fingerprint density at radius 2 is 1.30 bits per heavy atom. The molecule has 3 amide bonds. The molecule has 0 radical (unpaired) electrons. The van der Waals surface area contributed by atoms with Crippen LogP contribution in [-0.2, 0) is 19.1 Å². The Balaban J connectivity index is 1.07. The molecule has 3 aliphatic carbocycles. The number of anilines is 2. The van der Waals surface area contributed by atoms with Gasteiger partial charge in [0, 0.05) is 29.7 Å². The fourth-order valence-electron chi connectivity index (χ4n) is 6.79. The van der Waals surface area contributed by atoms with Crippen molar-refractivity contribution in [2.24, 2.45) is 11.8 Å². The smallest absolute Gasteiger partial charge is 0.338 e. The van der Waals surface area contributed by atoms with E-state index in [2.05, 4.69) is 5.32 Å². The zero-order valence-electron chi connectivity index (χ0n) is 22.5. The van der Waals surface area contributed by atoms with E-state index in [0.717, 1.165) is 22.3 Å². The summed E-state index contributed by atoms with van der Waals surface area (Å²) >= 11 is 0. The number of imide groups is 1. The van der Waals surface area contributed by atoms with Gasteiger partial charge in [-0.05, 0) is 52.6 Å². The Bertz CT molecular complexity index is 1740. The molecule has 0 aromatic heterocycles. The van der Waals surface area contributed by atoms with E-state index in [1.54, 1.807) is 0 Å². The van der Waals surface area contributed by atoms with Crippen LogP contribution in [-0.4, -0.2) is 35.2 Å². The molecular formula is C33H23N3O7. The molecule has 2 atom stereocenters. The van der Waals surface area contributed by atoms with Crippen molar-refractivity contribution in [3.05, 3.63) is 135 Å². The third-order valence-corrected chi connectivity index (χ3v) is 8.48. The van der Waals surface area contributed by atoms with Gasteiger partial charge in [0.15, 0.2) is 6.61 Å². The van der Waals surface area contributed by atoms with Crippen molar-refractivity contribution in [3.63, 3.8) is 0 Å². The molecule has 4 aromatic rings. The Kier molecular flexibility index (Phi) is 6.12. The van der Waals surface area contributed by atoms with Crippen LogP contribution < -0.4 is 10.2 Å². The molecule has 2 bridgehead atoms. The first kappa shape index (κ1) is 26.3. The molecule has 4 aromatic carbocycles. The minimum Gasteiger partial charge on any atom is -0.452 e. The maximum atomic E-state index is 13.9. The molecule has 10 nitrogen and oxygen atoms in total. The summed E-state index contributed by atoms with van der Waals surface area (Å²) in [5.41, 5.74) is 4.84. The maximum Gasteiger partial charge on any atom is 0.338 e. The summed E-state index contributed by atoms with van der Waals surface area (Å²) in [6.45, 7) is -0.611. The van der Waals surface area contributed by atoms with E-state index in [1.165, 1.54) is 53.4 Å². The highest BCUT2D eigenvalue weighted by Gasteiger charge is 2.61. The average Bonchev–Trinajstić information content (AvgIpc) is 3.30. The standard InChI is InChI=1S/C33H23N3O7/c37-26(34-19-6-5-7-21(16-19)36(41)42)17-43-33(40)18-12-14-20(15-13-18)35-31(38)29-27-22-8-1-2-9-23(22)28(30(29)32(35)39)25-11-4-3-10-24(25)27/h1-16,27-30H,17H2,(H,34,37)/t27?,28?,29-,30+. The van der Waals surface area contributed by atoms with Gasteiger partial charge in [-0.15, -0.1) is 0 Å². The van der Waals surface area contributed by atoms with Crippen molar-refractivity contribution in [1.82, 2.24) is 0 Å². The highest BCUT2D eigenvalue weighted by molar-refractivity contribution is 6.23. The van der Waals surface area contributed by atoms with Gasteiger partial charge in [-0.1, -0.05) is 54.6 Å². The van der Waals surface area contributed by atoms with Gasteiger partial charge < -0.3 is 10.1 Å². The highest BCUT2D eigenvalue weighted by Crippen LogP contribution is 2.61. The minimum absolute atomic E-state index is 0.128. The van der Waals surface area contributed by atoms with Crippen LogP contribution in [0.1, 0.15) is 44.4 Å². The number of hydrogen-bond acceptors (Lipinski definition) is 7. The quantitative estimate of drug-likeness (QED) is 0.152. The number of esters is 1. The second-order valence-corrected chi connectivity index (χ2v) is 10.8. The lowest BCUT2D eigenvalue weighted by Crippen LogP contribution is -2.41. The van der Waals surface area contributed by atoms with Crippen LogP contribution in [0.5, 0.6) is 0 Å². The molecule has 0 spiro atoms. The topological polar surface area (TPSA) is 136 Å². The van der Waals surface area contributed by atoms with Crippen molar-refractivity contribution in [2.75, 3.05) is 16.8 Å². The summed E-state index contributed by atoms with van der Waals surface area (Å²) in [7, 11) is 0. The normalized spacial score (nSPS) is 21.1. The largest absolute Gasteiger partial charge is 0.452 e. The second-order valence-electron chi connectivity index (χ2n) is 10.8. The summed E-state index contributed by atoms with van der Waals surface area (Å²) in [4.78, 5) is 64.2. The highest BCUT2D eigenvalue weighted by atomic mass is 16.6.